The topological polar surface area (TPSA) is 111 Å². The van der Waals surface area contributed by atoms with Crippen LogP contribution >= 0.6 is 0 Å². The number of carbonyl (C=O) groups is 1. The van der Waals surface area contributed by atoms with Crippen molar-refractivity contribution >= 4 is 11.8 Å². The van der Waals surface area contributed by atoms with Gasteiger partial charge < -0.3 is 5.32 Å². The first-order valence-corrected chi connectivity index (χ1v) is 6.37. The van der Waals surface area contributed by atoms with E-state index >= 15 is 0 Å². The third-order valence-electron chi connectivity index (χ3n) is 2.96. The highest BCUT2D eigenvalue weighted by atomic mass is 16.2. The smallest absolute Gasteiger partial charge is 0.321 e. The van der Waals surface area contributed by atoms with Crippen LogP contribution in [0.5, 0.6) is 0 Å². The van der Waals surface area contributed by atoms with Crippen molar-refractivity contribution in [2.75, 3.05) is 5.32 Å². The zero-order chi connectivity index (χ0) is 13.9. The maximum Gasteiger partial charge on any atom is 0.321 e. The van der Waals surface area contributed by atoms with Crippen molar-refractivity contribution in [3.8, 4) is 0 Å². The van der Waals surface area contributed by atoms with Gasteiger partial charge in [-0.25, -0.2) is 9.48 Å². The number of hydrogen-bond donors (Lipinski definition) is 2. The van der Waals surface area contributed by atoms with E-state index in [2.05, 4.69) is 36.4 Å². The second-order valence-electron chi connectivity index (χ2n) is 4.64. The molecule has 9 nitrogen and oxygen atoms in total. The van der Waals surface area contributed by atoms with Crippen LogP contribution in [0.2, 0.25) is 0 Å². The summed E-state index contributed by atoms with van der Waals surface area (Å²) < 4.78 is 1.77. The summed E-state index contributed by atoms with van der Waals surface area (Å²) in [7, 11) is 0. The number of nitrogens with zero attached hydrogens (tertiary/aromatic N) is 6. The fourth-order valence-corrected chi connectivity index (χ4v) is 1.85. The lowest BCUT2D eigenvalue weighted by Gasteiger charge is -2.13. The quantitative estimate of drug-likeness (QED) is 0.848. The van der Waals surface area contributed by atoms with Gasteiger partial charge in [-0.3, -0.25) is 5.32 Å². The van der Waals surface area contributed by atoms with E-state index in [0.29, 0.717) is 17.7 Å². The average molecular weight is 274 g/mol. The summed E-state index contributed by atoms with van der Waals surface area (Å²) in [5.41, 5.74) is 0. The van der Waals surface area contributed by atoms with Crippen LogP contribution in [0.25, 0.3) is 0 Å². The average Bonchev–Trinajstić information content (AvgIpc) is 3.16. The van der Waals surface area contributed by atoms with Crippen LogP contribution < -0.4 is 10.6 Å². The molecule has 9 heteroatoms. The lowest BCUT2D eigenvalue weighted by molar-refractivity contribution is 0.248. The number of nitrogens with one attached hydrogen (secondary N) is 2. The third-order valence-corrected chi connectivity index (χ3v) is 2.96. The lowest BCUT2D eigenvalue weighted by atomic mass is 10.3. The Kier molecular flexibility index (Phi) is 3.23. The number of rotatable bonds is 4. The zero-order valence-electron chi connectivity index (χ0n) is 10.9. The summed E-state index contributed by atoms with van der Waals surface area (Å²) in [6.07, 6.45) is 3.70. The van der Waals surface area contributed by atoms with E-state index in [9.17, 15) is 4.79 Å². The number of aromatic nitrogens is 6. The van der Waals surface area contributed by atoms with E-state index in [-0.39, 0.29) is 12.1 Å². The zero-order valence-corrected chi connectivity index (χ0v) is 10.9. The summed E-state index contributed by atoms with van der Waals surface area (Å²) in [4.78, 5) is 11.8. The highest BCUT2D eigenvalue weighted by Gasteiger charge is 2.29. The minimum absolute atomic E-state index is 0.290. The number of anilines is 1. The molecule has 0 saturated heterocycles. The molecule has 1 saturated carbocycles. The van der Waals surface area contributed by atoms with E-state index in [1.165, 1.54) is 6.20 Å². The van der Waals surface area contributed by atoms with Crippen LogP contribution in [0.4, 0.5) is 10.6 Å². The Morgan fingerprint density at radius 1 is 1.45 bits per heavy atom. The molecule has 2 N–H and O–H groups in total. The van der Waals surface area contributed by atoms with Crippen molar-refractivity contribution < 1.29 is 4.79 Å². The Hall–Kier alpha value is -2.58. The van der Waals surface area contributed by atoms with Gasteiger partial charge in [0.05, 0.1) is 12.1 Å². The largest absolute Gasteiger partial charge is 0.328 e. The van der Waals surface area contributed by atoms with Crippen molar-refractivity contribution in [2.45, 2.75) is 31.8 Å². The molecule has 2 heterocycles. The summed E-state index contributed by atoms with van der Waals surface area (Å²) in [6, 6.07) is 3.06. The first kappa shape index (κ1) is 12.5. The molecule has 2 aromatic rings. The normalized spacial score (nSPS) is 15.7. The fraction of sp³-hybridized carbons (Fsp3) is 0.455. The maximum atomic E-state index is 11.8. The molecule has 2 aromatic heterocycles. The Bertz CT molecular complexity index is 593. The second-order valence-corrected chi connectivity index (χ2v) is 4.64. The van der Waals surface area contributed by atoms with E-state index in [1.807, 2.05) is 6.92 Å². The molecule has 0 spiro atoms. The maximum absolute atomic E-state index is 11.8. The number of amides is 2. The molecular formula is C11H14N8O. The molecule has 3 rings (SSSR count). The Morgan fingerprint density at radius 2 is 2.30 bits per heavy atom. The van der Waals surface area contributed by atoms with Crippen molar-refractivity contribution in [1.29, 1.82) is 0 Å². The minimum Gasteiger partial charge on any atom is -0.328 e. The molecule has 104 valence electrons. The predicted octanol–water partition coefficient (Wildman–Crippen LogP) is 0.681. The predicted molar refractivity (Wildman–Crippen MR) is 68.7 cm³/mol. The van der Waals surface area contributed by atoms with Crippen LogP contribution in [-0.2, 0) is 0 Å². The van der Waals surface area contributed by atoms with E-state index < -0.39 is 0 Å². The fourth-order valence-electron chi connectivity index (χ4n) is 1.85. The number of urea groups is 1. The summed E-state index contributed by atoms with van der Waals surface area (Å²) in [6.45, 7) is 1.83. The van der Waals surface area contributed by atoms with E-state index in [0.717, 1.165) is 12.8 Å². The van der Waals surface area contributed by atoms with Gasteiger partial charge in [-0.15, -0.1) is 10.2 Å². The van der Waals surface area contributed by atoms with Crippen LogP contribution in [0, 0.1) is 0 Å². The van der Waals surface area contributed by atoms with Gasteiger partial charge in [0, 0.05) is 6.20 Å². The first-order chi connectivity index (χ1) is 9.74. The summed E-state index contributed by atoms with van der Waals surface area (Å²) in [5, 5.41) is 24.4. The monoisotopic (exact) mass is 274 g/mol. The molecule has 0 bridgehead atoms. The molecule has 20 heavy (non-hydrogen) atoms. The molecule has 1 atom stereocenters. The summed E-state index contributed by atoms with van der Waals surface area (Å²) in [5.74, 6) is 1.04. The van der Waals surface area contributed by atoms with Gasteiger partial charge in [-0.05, 0) is 42.3 Å². The molecule has 2 amide bonds. The van der Waals surface area contributed by atoms with Gasteiger partial charge in [0.25, 0.3) is 0 Å². The SMILES string of the molecule is C[C@@H](NC(=O)Nc1cccnn1)c1nnnn1C1CC1. The minimum atomic E-state index is -0.372. The second kappa shape index (κ2) is 5.19. The molecule has 0 aliphatic heterocycles. The first-order valence-electron chi connectivity index (χ1n) is 6.37. The van der Waals surface area contributed by atoms with Crippen molar-refractivity contribution in [3.63, 3.8) is 0 Å². The standard InChI is InChI=1S/C11H14N8O/c1-7(10-16-17-18-19(10)8-4-5-8)13-11(20)14-9-3-2-6-12-15-9/h2-3,6-8H,4-5H2,1H3,(H2,13,14,15,20)/t7-/m1/s1. The Morgan fingerprint density at radius 3 is 3.00 bits per heavy atom. The highest BCUT2D eigenvalue weighted by molar-refractivity contribution is 5.88. The van der Waals surface area contributed by atoms with Gasteiger partial charge >= 0.3 is 6.03 Å². The number of hydrogen-bond acceptors (Lipinski definition) is 6. The molecule has 1 aliphatic rings. The van der Waals surface area contributed by atoms with Gasteiger partial charge in [0.2, 0.25) is 0 Å². The van der Waals surface area contributed by atoms with Crippen LogP contribution in [0.1, 0.15) is 37.7 Å². The van der Waals surface area contributed by atoms with Gasteiger partial charge in [-0.1, -0.05) is 0 Å². The molecule has 1 fully saturated rings. The van der Waals surface area contributed by atoms with Gasteiger partial charge in [0.1, 0.15) is 0 Å². The molecule has 0 radical (unpaired) electrons. The van der Waals surface area contributed by atoms with Crippen molar-refractivity contribution in [1.82, 2.24) is 35.7 Å². The van der Waals surface area contributed by atoms with Crippen molar-refractivity contribution in [3.05, 3.63) is 24.2 Å². The summed E-state index contributed by atoms with van der Waals surface area (Å²) >= 11 is 0. The number of tetrazole rings is 1. The Labute approximate surface area is 114 Å². The molecule has 1 aliphatic carbocycles. The third kappa shape index (κ3) is 2.71. The van der Waals surface area contributed by atoms with Gasteiger partial charge in [-0.2, -0.15) is 5.10 Å². The van der Waals surface area contributed by atoms with E-state index in [4.69, 9.17) is 0 Å². The lowest BCUT2D eigenvalue weighted by Crippen LogP contribution is -2.33. The van der Waals surface area contributed by atoms with Crippen molar-refractivity contribution in [2.24, 2.45) is 0 Å². The van der Waals surface area contributed by atoms with Crippen LogP contribution in [0.3, 0.4) is 0 Å². The number of carbonyl (C=O) groups excluding carboxylic acids is 1. The molecular weight excluding hydrogens is 260 g/mol. The molecule has 0 aromatic carbocycles. The Balaban J connectivity index is 1.62. The van der Waals surface area contributed by atoms with Crippen LogP contribution in [0.15, 0.2) is 18.3 Å². The highest BCUT2D eigenvalue weighted by Crippen LogP contribution is 2.35. The van der Waals surface area contributed by atoms with Gasteiger partial charge in [0.15, 0.2) is 11.6 Å². The molecule has 0 unspecified atom stereocenters. The van der Waals surface area contributed by atoms with Crippen LogP contribution in [-0.4, -0.2) is 36.4 Å². The van der Waals surface area contributed by atoms with E-state index in [1.54, 1.807) is 16.8 Å².